The Labute approximate surface area is 137 Å². The zero-order chi connectivity index (χ0) is 16.9. The quantitative estimate of drug-likeness (QED) is 0.620. The molecule has 0 unspecified atom stereocenters. The van der Waals surface area contributed by atoms with Gasteiger partial charge in [0, 0.05) is 49.1 Å². The lowest BCUT2D eigenvalue weighted by molar-refractivity contribution is 0.110. The van der Waals surface area contributed by atoms with E-state index in [4.69, 9.17) is 0 Å². The van der Waals surface area contributed by atoms with E-state index in [0.717, 1.165) is 23.5 Å². The van der Waals surface area contributed by atoms with E-state index in [1.54, 1.807) is 28.2 Å². The van der Waals surface area contributed by atoms with E-state index in [-0.39, 0.29) is 21.6 Å². The first-order valence-electron chi connectivity index (χ1n) is 6.16. The minimum absolute atomic E-state index is 0.260. The van der Waals surface area contributed by atoms with Gasteiger partial charge in [0.1, 0.15) is 0 Å². The number of hydrogen-bond acceptors (Lipinski definition) is 6. The van der Waals surface area contributed by atoms with Crippen LogP contribution >= 0.6 is 23.5 Å². The molecular formula is C14H16N2O4S2. The standard InChI is InChI=1S/C14H16N2O4S2/c1-15(2)13(19)21-11-5-10(8-18)12(6-9(11)7-17)22-14(20)16(3)4/h5-8H,1-4H3. The van der Waals surface area contributed by atoms with Gasteiger partial charge in [0.25, 0.3) is 10.5 Å². The molecular weight excluding hydrogens is 324 g/mol. The van der Waals surface area contributed by atoms with Crippen LogP contribution in [0.4, 0.5) is 9.59 Å². The number of carbonyl (C=O) groups is 4. The van der Waals surface area contributed by atoms with Gasteiger partial charge < -0.3 is 9.80 Å². The molecule has 0 heterocycles. The third-order valence-corrected chi connectivity index (χ3v) is 4.75. The molecule has 0 radical (unpaired) electrons. The molecule has 1 aromatic rings. The van der Waals surface area contributed by atoms with Crippen molar-refractivity contribution in [2.24, 2.45) is 0 Å². The lowest BCUT2D eigenvalue weighted by Crippen LogP contribution is -2.17. The normalized spacial score (nSPS) is 10.0. The first-order valence-corrected chi connectivity index (χ1v) is 7.80. The Morgan fingerprint density at radius 2 is 1.14 bits per heavy atom. The minimum atomic E-state index is -0.260. The van der Waals surface area contributed by atoms with Crippen molar-refractivity contribution in [1.29, 1.82) is 0 Å². The Bertz CT molecular complexity index is 561. The Morgan fingerprint density at radius 3 is 1.36 bits per heavy atom. The summed E-state index contributed by atoms with van der Waals surface area (Å²) in [6.07, 6.45) is 1.20. The summed E-state index contributed by atoms with van der Waals surface area (Å²) in [7, 11) is 6.38. The molecule has 1 aromatic carbocycles. The number of benzene rings is 1. The third kappa shape index (κ3) is 4.60. The Balaban J connectivity index is 3.22. The van der Waals surface area contributed by atoms with Crippen LogP contribution in [0.3, 0.4) is 0 Å². The van der Waals surface area contributed by atoms with Crippen LogP contribution in [-0.2, 0) is 0 Å². The van der Waals surface area contributed by atoms with Gasteiger partial charge >= 0.3 is 0 Å². The van der Waals surface area contributed by atoms with Crippen LogP contribution in [0.1, 0.15) is 20.7 Å². The van der Waals surface area contributed by atoms with Gasteiger partial charge in [-0.2, -0.15) is 0 Å². The smallest absolute Gasteiger partial charge is 0.285 e. The Morgan fingerprint density at radius 1 is 0.818 bits per heavy atom. The molecule has 2 amide bonds. The second-order valence-corrected chi connectivity index (χ2v) is 6.67. The molecule has 6 nitrogen and oxygen atoms in total. The second kappa shape index (κ2) is 8.00. The minimum Gasteiger partial charge on any atom is -0.339 e. The maximum absolute atomic E-state index is 11.8. The second-order valence-electron chi connectivity index (χ2n) is 4.69. The van der Waals surface area contributed by atoms with E-state index in [1.807, 2.05) is 0 Å². The van der Waals surface area contributed by atoms with Crippen molar-refractivity contribution in [2.45, 2.75) is 9.79 Å². The molecule has 0 aliphatic rings. The molecule has 118 valence electrons. The molecule has 22 heavy (non-hydrogen) atoms. The average molecular weight is 340 g/mol. The Kier molecular flexibility index (Phi) is 6.63. The lowest BCUT2D eigenvalue weighted by atomic mass is 10.1. The van der Waals surface area contributed by atoms with Crippen molar-refractivity contribution in [3.8, 4) is 0 Å². The molecule has 0 saturated carbocycles. The van der Waals surface area contributed by atoms with Gasteiger partial charge in [-0.25, -0.2) is 0 Å². The molecule has 0 aliphatic carbocycles. The lowest BCUT2D eigenvalue weighted by Gasteiger charge is -2.14. The summed E-state index contributed by atoms with van der Waals surface area (Å²) in [6.45, 7) is 0. The van der Waals surface area contributed by atoms with Crippen LogP contribution in [0.15, 0.2) is 21.9 Å². The average Bonchev–Trinajstić information content (AvgIpc) is 2.47. The van der Waals surface area contributed by atoms with E-state index in [1.165, 1.54) is 21.9 Å². The monoisotopic (exact) mass is 340 g/mol. The van der Waals surface area contributed by atoms with Crippen molar-refractivity contribution in [2.75, 3.05) is 28.2 Å². The van der Waals surface area contributed by atoms with E-state index < -0.39 is 0 Å². The van der Waals surface area contributed by atoms with Crippen molar-refractivity contribution in [3.05, 3.63) is 23.3 Å². The van der Waals surface area contributed by atoms with Crippen LogP contribution in [0.5, 0.6) is 0 Å². The summed E-state index contributed by atoms with van der Waals surface area (Å²) in [4.78, 5) is 49.5. The first-order chi connectivity index (χ1) is 10.3. The summed E-state index contributed by atoms with van der Waals surface area (Å²) < 4.78 is 0. The third-order valence-electron chi connectivity index (χ3n) is 2.52. The predicted molar refractivity (Wildman–Crippen MR) is 87.1 cm³/mol. The van der Waals surface area contributed by atoms with Crippen molar-refractivity contribution >= 4 is 46.6 Å². The van der Waals surface area contributed by atoms with Crippen LogP contribution in [0, 0.1) is 0 Å². The summed E-state index contributed by atoms with van der Waals surface area (Å²) in [6, 6.07) is 2.90. The van der Waals surface area contributed by atoms with Gasteiger partial charge in [-0.15, -0.1) is 0 Å². The maximum atomic E-state index is 11.8. The summed E-state index contributed by atoms with van der Waals surface area (Å²) in [5, 5.41) is -0.519. The van der Waals surface area contributed by atoms with Crippen molar-refractivity contribution in [3.63, 3.8) is 0 Å². The molecule has 0 bridgehead atoms. The summed E-state index contributed by atoms with van der Waals surface area (Å²) in [5.74, 6) is 0. The number of amides is 2. The fourth-order valence-corrected chi connectivity index (χ4v) is 2.89. The number of thioether (sulfide) groups is 2. The fourth-order valence-electron chi connectivity index (χ4n) is 1.32. The zero-order valence-corrected chi connectivity index (χ0v) is 14.3. The van der Waals surface area contributed by atoms with Crippen LogP contribution in [0.2, 0.25) is 0 Å². The van der Waals surface area contributed by atoms with Gasteiger partial charge in [-0.05, 0) is 35.7 Å². The molecule has 8 heteroatoms. The van der Waals surface area contributed by atoms with Gasteiger partial charge in [-0.3, -0.25) is 19.2 Å². The van der Waals surface area contributed by atoms with Gasteiger partial charge in [-0.1, -0.05) is 0 Å². The van der Waals surface area contributed by atoms with E-state index >= 15 is 0 Å². The highest BCUT2D eigenvalue weighted by molar-refractivity contribution is 8.14. The molecule has 0 aromatic heterocycles. The number of hydrogen-bond donors (Lipinski definition) is 0. The first kappa shape index (κ1) is 18.2. The number of carbonyl (C=O) groups excluding carboxylic acids is 4. The van der Waals surface area contributed by atoms with Crippen molar-refractivity contribution < 1.29 is 19.2 Å². The molecule has 0 fully saturated rings. The molecule has 0 atom stereocenters. The Hall–Kier alpha value is -1.80. The zero-order valence-electron chi connectivity index (χ0n) is 12.7. The van der Waals surface area contributed by atoms with Crippen LogP contribution in [0.25, 0.3) is 0 Å². The molecule has 0 saturated heterocycles. The predicted octanol–water partition coefficient (Wildman–Crippen LogP) is 2.86. The largest absolute Gasteiger partial charge is 0.339 e. The number of nitrogens with zero attached hydrogens (tertiary/aromatic N) is 2. The van der Waals surface area contributed by atoms with E-state index in [0.29, 0.717) is 22.4 Å². The van der Waals surface area contributed by atoms with E-state index in [2.05, 4.69) is 0 Å². The highest BCUT2D eigenvalue weighted by atomic mass is 32.2. The molecule has 0 spiro atoms. The van der Waals surface area contributed by atoms with Crippen molar-refractivity contribution in [1.82, 2.24) is 9.80 Å². The topological polar surface area (TPSA) is 74.8 Å². The van der Waals surface area contributed by atoms with Gasteiger partial charge in [0.2, 0.25) is 0 Å². The van der Waals surface area contributed by atoms with Crippen LogP contribution in [-0.4, -0.2) is 61.0 Å². The molecule has 0 N–H and O–H groups in total. The fraction of sp³-hybridized carbons (Fsp3) is 0.286. The van der Waals surface area contributed by atoms with Gasteiger partial charge in [0.15, 0.2) is 12.6 Å². The highest BCUT2D eigenvalue weighted by Gasteiger charge is 2.17. The van der Waals surface area contributed by atoms with E-state index in [9.17, 15) is 19.2 Å². The number of aldehydes is 2. The van der Waals surface area contributed by atoms with Gasteiger partial charge in [0.05, 0.1) is 0 Å². The molecule has 0 aliphatic heterocycles. The number of rotatable bonds is 4. The van der Waals surface area contributed by atoms with Crippen LogP contribution < -0.4 is 0 Å². The molecule has 1 rings (SSSR count). The highest BCUT2D eigenvalue weighted by Crippen LogP contribution is 2.32. The summed E-state index contributed by atoms with van der Waals surface area (Å²) in [5.41, 5.74) is 0.528. The SMILES string of the molecule is CN(C)C(=O)Sc1cc(C=O)c(SC(=O)N(C)C)cc1C=O. The maximum Gasteiger partial charge on any atom is 0.285 e. The summed E-state index contributed by atoms with van der Waals surface area (Å²) >= 11 is 1.72.